The quantitative estimate of drug-likeness (QED) is 0.154. The van der Waals surface area contributed by atoms with Crippen LogP contribution >= 0.6 is 0 Å². The van der Waals surface area contributed by atoms with Gasteiger partial charge in [0.25, 0.3) is 0 Å². The summed E-state index contributed by atoms with van der Waals surface area (Å²) in [5.74, 6) is 0. The van der Waals surface area contributed by atoms with Gasteiger partial charge in [0.05, 0.1) is 11.3 Å². The van der Waals surface area contributed by atoms with Gasteiger partial charge in [-0.05, 0) is 25.0 Å². The third-order valence-corrected chi connectivity index (χ3v) is 6.93. The van der Waals surface area contributed by atoms with E-state index in [1.54, 1.807) is 0 Å². The first-order valence-corrected chi connectivity index (χ1v) is 14.6. The second-order valence-corrected chi connectivity index (χ2v) is 9.98. The third kappa shape index (κ3) is 15.9. The molecule has 188 valence electrons. The molecule has 0 amide bonds. The average molecular weight is 455 g/mol. The SMILES string of the molecule is CCCCCCCCCCCCN(CCCCCCCCCCCC)c1ccccc1C#N. The van der Waals surface area contributed by atoms with Crippen LogP contribution in [0.25, 0.3) is 0 Å². The number of para-hydroxylation sites is 1. The van der Waals surface area contributed by atoms with Gasteiger partial charge in [-0.15, -0.1) is 0 Å². The molecule has 0 atom stereocenters. The predicted molar refractivity (Wildman–Crippen MR) is 147 cm³/mol. The van der Waals surface area contributed by atoms with Crippen molar-refractivity contribution < 1.29 is 0 Å². The zero-order valence-corrected chi connectivity index (χ0v) is 22.3. The molecule has 0 spiro atoms. The highest BCUT2D eigenvalue weighted by molar-refractivity contribution is 5.59. The summed E-state index contributed by atoms with van der Waals surface area (Å²) in [6.07, 6.45) is 27.4. The maximum absolute atomic E-state index is 9.58. The molecule has 2 nitrogen and oxygen atoms in total. The van der Waals surface area contributed by atoms with Gasteiger partial charge in [0.1, 0.15) is 6.07 Å². The molecule has 1 rings (SSSR count). The Morgan fingerprint density at radius 2 is 0.909 bits per heavy atom. The van der Waals surface area contributed by atoms with Gasteiger partial charge in [-0.3, -0.25) is 0 Å². The summed E-state index contributed by atoms with van der Waals surface area (Å²) >= 11 is 0. The van der Waals surface area contributed by atoms with Gasteiger partial charge in [0.2, 0.25) is 0 Å². The van der Waals surface area contributed by atoms with Crippen molar-refractivity contribution >= 4 is 5.69 Å². The van der Waals surface area contributed by atoms with Crippen molar-refractivity contribution in [1.29, 1.82) is 5.26 Å². The van der Waals surface area contributed by atoms with E-state index in [-0.39, 0.29) is 0 Å². The molecule has 2 heteroatoms. The van der Waals surface area contributed by atoms with Crippen LogP contribution in [0.2, 0.25) is 0 Å². The molecular formula is C31H54N2. The molecule has 0 aliphatic rings. The van der Waals surface area contributed by atoms with Gasteiger partial charge in [-0.2, -0.15) is 5.26 Å². The summed E-state index contributed by atoms with van der Waals surface area (Å²) in [5, 5.41) is 9.58. The van der Waals surface area contributed by atoms with Gasteiger partial charge in [-0.25, -0.2) is 0 Å². The molecule has 0 saturated heterocycles. The number of unbranched alkanes of at least 4 members (excludes halogenated alkanes) is 18. The standard InChI is InChI=1S/C31H54N2/c1-3-5-7-9-11-13-15-17-19-23-27-33(31-26-22-21-25-30(31)29-32)28-24-20-18-16-14-12-10-8-6-4-2/h21-22,25-26H,3-20,23-24,27-28H2,1-2H3. The van der Waals surface area contributed by atoms with E-state index < -0.39 is 0 Å². The van der Waals surface area contributed by atoms with Crippen LogP contribution in [0.5, 0.6) is 0 Å². The summed E-state index contributed by atoms with van der Waals surface area (Å²) in [7, 11) is 0. The van der Waals surface area contributed by atoms with Crippen molar-refractivity contribution in [1.82, 2.24) is 0 Å². The Bertz CT molecular complexity index is 565. The fraction of sp³-hybridized carbons (Fsp3) is 0.774. The Morgan fingerprint density at radius 1 is 0.545 bits per heavy atom. The lowest BCUT2D eigenvalue weighted by Gasteiger charge is -2.26. The summed E-state index contributed by atoms with van der Waals surface area (Å²) < 4.78 is 0. The van der Waals surface area contributed by atoms with Crippen molar-refractivity contribution in [2.24, 2.45) is 0 Å². The zero-order chi connectivity index (χ0) is 23.8. The van der Waals surface area contributed by atoms with Crippen molar-refractivity contribution in [3.63, 3.8) is 0 Å². The van der Waals surface area contributed by atoms with Gasteiger partial charge in [-0.1, -0.05) is 142 Å². The van der Waals surface area contributed by atoms with Crippen LogP contribution in [-0.4, -0.2) is 13.1 Å². The van der Waals surface area contributed by atoms with Crippen molar-refractivity contribution in [2.45, 2.75) is 142 Å². The van der Waals surface area contributed by atoms with Crippen molar-refractivity contribution in [3.05, 3.63) is 29.8 Å². The zero-order valence-electron chi connectivity index (χ0n) is 22.3. The normalized spacial score (nSPS) is 10.9. The van der Waals surface area contributed by atoms with Crippen molar-refractivity contribution in [2.75, 3.05) is 18.0 Å². The van der Waals surface area contributed by atoms with E-state index in [4.69, 9.17) is 0 Å². The lowest BCUT2D eigenvalue weighted by molar-refractivity contribution is 0.543. The Morgan fingerprint density at radius 3 is 1.30 bits per heavy atom. The van der Waals surface area contributed by atoms with Gasteiger partial charge >= 0.3 is 0 Å². The molecule has 0 heterocycles. The molecule has 0 bridgehead atoms. The largest absolute Gasteiger partial charge is 0.370 e. The smallest absolute Gasteiger partial charge is 0.101 e. The molecule has 0 aliphatic carbocycles. The average Bonchev–Trinajstić information content (AvgIpc) is 2.85. The van der Waals surface area contributed by atoms with Gasteiger partial charge < -0.3 is 4.90 Å². The number of hydrogen-bond donors (Lipinski definition) is 0. The van der Waals surface area contributed by atoms with E-state index in [9.17, 15) is 5.26 Å². The Hall–Kier alpha value is -1.49. The van der Waals surface area contributed by atoms with Crippen LogP contribution in [0.3, 0.4) is 0 Å². The number of rotatable bonds is 23. The molecule has 0 saturated carbocycles. The molecule has 33 heavy (non-hydrogen) atoms. The minimum atomic E-state index is 0.830. The molecule has 1 aromatic rings. The first-order valence-electron chi connectivity index (χ1n) is 14.6. The maximum Gasteiger partial charge on any atom is 0.101 e. The second-order valence-electron chi connectivity index (χ2n) is 9.98. The van der Waals surface area contributed by atoms with E-state index in [0.29, 0.717) is 0 Å². The van der Waals surface area contributed by atoms with Crippen LogP contribution in [0, 0.1) is 11.3 Å². The summed E-state index contributed by atoms with van der Waals surface area (Å²) in [6, 6.07) is 10.6. The number of nitrogens with zero attached hydrogens (tertiary/aromatic N) is 2. The molecule has 0 aliphatic heterocycles. The topological polar surface area (TPSA) is 27.0 Å². The van der Waals surface area contributed by atoms with E-state index in [2.05, 4.69) is 36.9 Å². The minimum absolute atomic E-state index is 0.830. The van der Waals surface area contributed by atoms with E-state index in [1.807, 2.05) is 12.1 Å². The summed E-state index contributed by atoms with van der Waals surface area (Å²) in [4.78, 5) is 2.49. The van der Waals surface area contributed by atoms with Crippen LogP contribution in [0.4, 0.5) is 5.69 Å². The highest BCUT2D eigenvalue weighted by atomic mass is 15.1. The van der Waals surface area contributed by atoms with Crippen LogP contribution in [-0.2, 0) is 0 Å². The number of hydrogen-bond acceptors (Lipinski definition) is 2. The Balaban J connectivity index is 2.26. The number of anilines is 1. The monoisotopic (exact) mass is 454 g/mol. The fourth-order valence-electron chi connectivity index (χ4n) is 4.78. The Labute approximate surface area is 207 Å². The highest BCUT2D eigenvalue weighted by Crippen LogP contribution is 2.22. The molecule has 1 aromatic carbocycles. The molecule has 0 unspecified atom stereocenters. The Kier molecular flexibility index (Phi) is 20.0. The first kappa shape index (κ1) is 29.5. The molecule has 0 radical (unpaired) electrons. The first-order chi connectivity index (χ1) is 16.3. The van der Waals surface area contributed by atoms with E-state index in [1.165, 1.54) is 128 Å². The van der Waals surface area contributed by atoms with Crippen LogP contribution < -0.4 is 4.90 Å². The third-order valence-electron chi connectivity index (χ3n) is 6.93. The number of benzene rings is 1. The van der Waals surface area contributed by atoms with E-state index >= 15 is 0 Å². The fourth-order valence-corrected chi connectivity index (χ4v) is 4.78. The van der Waals surface area contributed by atoms with Gasteiger partial charge in [0, 0.05) is 13.1 Å². The van der Waals surface area contributed by atoms with Gasteiger partial charge in [0.15, 0.2) is 0 Å². The minimum Gasteiger partial charge on any atom is -0.370 e. The van der Waals surface area contributed by atoms with Crippen LogP contribution in [0.15, 0.2) is 24.3 Å². The maximum atomic E-state index is 9.58. The van der Waals surface area contributed by atoms with E-state index in [0.717, 1.165) is 24.3 Å². The van der Waals surface area contributed by atoms with Crippen LogP contribution in [0.1, 0.15) is 148 Å². The summed E-state index contributed by atoms with van der Waals surface area (Å²) in [6.45, 7) is 6.75. The lowest BCUT2D eigenvalue weighted by atomic mass is 10.1. The molecular weight excluding hydrogens is 400 g/mol. The number of nitriles is 1. The second kappa shape index (κ2) is 22.3. The molecule has 0 aromatic heterocycles. The lowest BCUT2D eigenvalue weighted by Crippen LogP contribution is -2.26. The molecule has 0 N–H and O–H groups in total. The summed E-state index contributed by atoms with van der Waals surface area (Å²) in [5.41, 5.74) is 1.98. The highest BCUT2D eigenvalue weighted by Gasteiger charge is 2.10. The molecule has 0 fully saturated rings. The van der Waals surface area contributed by atoms with Crippen molar-refractivity contribution in [3.8, 4) is 6.07 Å². The predicted octanol–water partition coefficient (Wildman–Crippen LogP) is 10.2.